The molecule has 2 fully saturated rings. The molecule has 2 aliphatic rings. The Labute approximate surface area is 98.4 Å². The van der Waals surface area contributed by atoms with Gasteiger partial charge in [-0.25, -0.2) is 4.79 Å². The molecule has 1 heterocycles. The smallest absolute Gasteiger partial charge is 0.327 e. The van der Waals surface area contributed by atoms with E-state index in [2.05, 4.69) is 0 Å². The van der Waals surface area contributed by atoms with Crippen LogP contribution in [0.5, 0.6) is 0 Å². The topological polar surface area (TPSA) is 83.6 Å². The fourth-order valence-electron chi connectivity index (χ4n) is 2.01. The Balaban J connectivity index is 2.11. The minimum Gasteiger partial charge on any atom is -0.480 e. The van der Waals surface area contributed by atoms with E-state index in [-0.39, 0.29) is 5.91 Å². The highest BCUT2D eigenvalue weighted by atomic mass is 32.2. The van der Waals surface area contributed by atoms with E-state index in [1.165, 1.54) is 4.90 Å². The monoisotopic (exact) mass is 244 g/mol. The number of thioether (sulfide) groups is 1. The minimum absolute atomic E-state index is 0.0531. The van der Waals surface area contributed by atoms with E-state index in [1.54, 1.807) is 11.8 Å². The molecule has 3 N–H and O–H groups in total. The minimum atomic E-state index is -0.909. The maximum absolute atomic E-state index is 12.2. The molecule has 5 nitrogen and oxygen atoms in total. The lowest BCUT2D eigenvalue weighted by atomic mass is 10.0. The van der Waals surface area contributed by atoms with E-state index >= 15 is 0 Å². The molecule has 2 rings (SSSR count). The Morgan fingerprint density at radius 2 is 2.19 bits per heavy atom. The number of aliphatic carboxylic acids is 1. The predicted octanol–water partition coefficient (Wildman–Crippen LogP) is -0.246. The molecular weight excluding hydrogens is 228 g/mol. The largest absolute Gasteiger partial charge is 0.480 e. The Morgan fingerprint density at radius 1 is 1.50 bits per heavy atom. The normalized spacial score (nSPS) is 27.6. The summed E-state index contributed by atoms with van der Waals surface area (Å²) in [5.41, 5.74) is 5.16. The molecule has 0 aromatic rings. The van der Waals surface area contributed by atoms with Gasteiger partial charge in [0.1, 0.15) is 6.04 Å². The summed E-state index contributed by atoms with van der Waals surface area (Å²) in [7, 11) is 0. The van der Waals surface area contributed by atoms with Gasteiger partial charge in [-0.15, -0.1) is 0 Å². The SMILES string of the molecule is NCC1(C(=O)N2CCSCC2C(=O)O)CC1. The average Bonchev–Trinajstić information content (AvgIpc) is 3.09. The molecule has 0 radical (unpaired) electrons. The third kappa shape index (κ3) is 1.91. The summed E-state index contributed by atoms with van der Waals surface area (Å²) in [4.78, 5) is 24.8. The molecule has 6 heteroatoms. The molecule has 0 aromatic carbocycles. The predicted molar refractivity (Wildman–Crippen MR) is 61.2 cm³/mol. The molecule has 90 valence electrons. The Morgan fingerprint density at radius 3 is 2.69 bits per heavy atom. The third-order valence-corrected chi connectivity index (χ3v) is 4.40. The van der Waals surface area contributed by atoms with Crippen LogP contribution in [0.15, 0.2) is 0 Å². The van der Waals surface area contributed by atoms with Gasteiger partial charge in [0.2, 0.25) is 5.91 Å². The van der Waals surface area contributed by atoms with Crippen LogP contribution in [0.25, 0.3) is 0 Å². The summed E-state index contributed by atoms with van der Waals surface area (Å²) in [6.07, 6.45) is 1.61. The van der Waals surface area contributed by atoms with Crippen molar-refractivity contribution in [1.82, 2.24) is 4.90 Å². The number of carbonyl (C=O) groups is 2. The molecular formula is C10H16N2O3S. The molecule has 1 atom stereocenters. The molecule has 1 unspecified atom stereocenters. The van der Waals surface area contributed by atoms with Crippen LogP contribution in [0.3, 0.4) is 0 Å². The summed E-state index contributed by atoms with van der Waals surface area (Å²) in [6, 6.07) is -0.671. The molecule has 1 aliphatic carbocycles. The first-order valence-corrected chi connectivity index (χ1v) is 6.58. The van der Waals surface area contributed by atoms with Crippen LogP contribution in [0.4, 0.5) is 0 Å². The summed E-state index contributed by atoms with van der Waals surface area (Å²) in [5, 5.41) is 9.08. The zero-order valence-electron chi connectivity index (χ0n) is 9.02. The highest BCUT2D eigenvalue weighted by Crippen LogP contribution is 2.46. The van der Waals surface area contributed by atoms with E-state index < -0.39 is 17.4 Å². The van der Waals surface area contributed by atoms with Gasteiger partial charge in [0.05, 0.1) is 5.41 Å². The van der Waals surface area contributed by atoms with E-state index in [4.69, 9.17) is 10.8 Å². The van der Waals surface area contributed by atoms with Crippen molar-refractivity contribution in [3.8, 4) is 0 Å². The Kier molecular flexibility index (Phi) is 3.12. The molecule has 1 aliphatic heterocycles. The second-order valence-corrected chi connectivity index (χ2v) is 5.56. The average molecular weight is 244 g/mol. The van der Waals surface area contributed by atoms with Crippen molar-refractivity contribution in [2.75, 3.05) is 24.6 Å². The second-order valence-electron chi connectivity index (χ2n) is 4.41. The van der Waals surface area contributed by atoms with Crippen molar-refractivity contribution in [2.24, 2.45) is 11.1 Å². The number of amides is 1. The summed E-state index contributed by atoms with van der Waals surface area (Å²) >= 11 is 1.59. The Hall–Kier alpha value is -0.750. The number of hydrogen-bond donors (Lipinski definition) is 2. The maximum atomic E-state index is 12.2. The first-order chi connectivity index (χ1) is 7.60. The lowest BCUT2D eigenvalue weighted by molar-refractivity contribution is -0.151. The summed E-state index contributed by atoms with van der Waals surface area (Å²) < 4.78 is 0. The van der Waals surface area contributed by atoms with Gasteiger partial charge in [-0.2, -0.15) is 11.8 Å². The standard InChI is InChI=1S/C10H16N2O3S/c11-6-10(1-2-10)9(15)12-3-4-16-5-7(12)8(13)14/h7H,1-6,11H2,(H,13,14). The van der Waals surface area contributed by atoms with Crippen molar-refractivity contribution in [2.45, 2.75) is 18.9 Å². The third-order valence-electron chi connectivity index (χ3n) is 3.37. The van der Waals surface area contributed by atoms with Gasteiger partial charge in [0, 0.05) is 24.6 Å². The van der Waals surface area contributed by atoms with Gasteiger partial charge in [-0.1, -0.05) is 0 Å². The number of carboxylic acids is 1. The van der Waals surface area contributed by atoms with Crippen molar-refractivity contribution in [3.63, 3.8) is 0 Å². The zero-order chi connectivity index (χ0) is 11.8. The number of hydrogen-bond acceptors (Lipinski definition) is 4. The summed E-state index contributed by atoms with van der Waals surface area (Å²) in [5.74, 6) is 0.341. The molecule has 1 amide bonds. The molecule has 1 saturated carbocycles. The first kappa shape index (κ1) is 11.7. The van der Waals surface area contributed by atoms with E-state index in [9.17, 15) is 9.59 Å². The van der Waals surface area contributed by atoms with Crippen LogP contribution in [0.2, 0.25) is 0 Å². The molecule has 0 bridgehead atoms. The molecule has 0 aromatic heterocycles. The lowest BCUT2D eigenvalue weighted by Crippen LogP contribution is -2.53. The first-order valence-electron chi connectivity index (χ1n) is 5.42. The number of nitrogens with two attached hydrogens (primary N) is 1. The quantitative estimate of drug-likeness (QED) is 0.715. The molecule has 0 spiro atoms. The van der Waals surface area contributed by atoms with Crippen LogP contribution in [0, 0.1) is 5.41 Å². The number of rotatable bonds is 3. The number of nitrogens with zero attached hydrogens (tertiary/aromatic N) is 1. The lowest BCUT2D eigenvalue weighted by Gasteiger charge is -2.35. The molecule has 1 saturated heterocycles. The van der Waals surface area contributed by atoms with Crippen molar-refractivity contribution in [3.05, 3.63) is 0 Å². The van der Waals surface area contributed by atoms with Gasteiger partial charge in [0.15, 0.2) is 0 Å². The highest BCUT2D eigenvalue weighted by molar-refractivity contribution is 7.99. The van der Waals surface area contributed by atoms with Crippen LogP contribution in [0.1, 0.15) is 12.8 Å². The van der Waals surface area contributed by atoms with Crippen molar-refractivity contribution >= 4 is 23.6 Å². The number of carboxylic acid groups (broad SMARTS) is 1. The van der Waals surface area contributed by atoms with Crippen LogP contribution < -0.4 is 5.73 Å². The number of carbonyl (C=O) groups excluding carboxylic acids is 1. The zero-order valence-corrected chi connectivity index (χ0v) is 9.83. The van der Waals surface area contributed by atoms with Crippen LogP contribution >= 0.6 is 11.8 Å². The van der Waals surface area contributed by atoms with Gasteiger partial charge in [-0.3, -0.25) is 4.79 Å². The fraction of sp³-hybridized carbons (Fsp3) is 0.800. The van der Waals surface area contributed by atoms with Gasteiger partial charge in [-0.05, 0) is 12.8 Å². The van der Waals surface area contributed by atoms with E-state index in [0.29, 0.717) is 18.8 Å². The van der Waals surface area contributed by atoms with Gasteiger partial charge >= 0.3 is 5.97 Å². The Bertz CT molecular complexity index is 317. The van der Waals surface area contributed by atoms with Crippen molar-refractivity contribution in [1.29, 1.82) is 0 Å². The van der Waals surface area contributed by atoms with E-state index in [0.717, 1.165) is 18.6 Å². The van der Waals surface area contributed by atoms with Gasteiger partial charge < -0.3 is 15.7 Å². The van der Waals surface area contributed by atoms with E-state index in [1.807, 2.05) is 0 Å². The van der Waals surface area contributed by atoms with Crippen LogP contribution in [-0.2, 0) is 9.59 Å². The maximum Gasteiger partial charge on any atom is 0.327 e. The highest BCUT2D eigenvalue weighted by Gasteiger charge is 2.52. The van der Waals surface area contributed by atoms with Crippen LogP contribution in [-0.4, -0.2) is 52.5 Å². The second kappa shape index (κ2) is 4.25. The summed E-state index contributed by atoms with van der Waals surface area (Å²) in [6.45, 7) is 0.865. The fourth-order valence-corrected chi connectivity index (χ4v) is 3.05. The van der Waals surface area contributed by atoms with Gasteiger partial charge in [0.25, 0.3) is 0 Å². The van der Waals surface area contributed by atoms with Crippen molar-refractivity contribution < 1.29 is 14.7 Å². The molecule has 16 heavy (non-hydrogen) atoms.